The van der Waals surface area contributed by atoms with Crippen molar-refractivity contribution in [2.24, 2.45) is 10.8 Å². The van der Waals surface area contributed by atoms with Gasteiger partial charge in [-0.3, -0.25) is 4.79 Å². The third-order valence-corrected chi connectivity index (χ3v) is 7.88. The van der Waals surface area contributed by atoms with Gasteiger partial charge in [0.2, 0.25) is 5.91 Å². The van der Waals surface area contributed by atoms with Crippen LogP contribution in [-0.2, 0) is 19.9 Å². The maximum Gasteiger partial charge on any atom is 0.407 e. The molecule has 1 saturated heterocycles. The molecule has 1 N–H and O–H groups in total. The molecule has 0 unspecified atom stereocenters. The van der Waals surface area contributed by atoms with E-state index in [0.29, 0.717) is 13.0 Å². The number of nitrogens with zero attached hydrogens (tertiary/aromatic N) is 1. The molecule has 2 aromatic rings. The third-order valence-electron chi connectivity index (χ3n) is 7.88. The van der Waals surface area contributed by atoms with Crippen molar-refractivity contribution in [3.05, 3.63) is 65.7 Å². The SMILES string of the molecule is CO[C@@]12C[C@@H](C)N(C1)C(=O)[C@H](C(C)(C)C)NC(=O)OCC(C)(C)CC=Cc1ccccc1-c1ccc2cc1. The Labute approximate surface area is 227 Å². The Hall–Kier alpha value is -3.12. The molecule has 0 saturated carbocycles. The topological polar surface area (TPSA) is 67.9 Å². The van der Waals surface area contributed by atoms with Gasteiger partial charge in [-0.2, -0.15) is 0 Å². The highest BCUT2D eigenvalue weighted by molar-refractivity contribution is 5.87. The van der Waals surface area contributed by atoms with E-state index in [0.717, 1.165) is 28.7 Å². The number of nitrogens with one attached hydrogen (secondary N) is 1. The van der Waals surface area contributed by atoms with Crippen LogP contribution < -0.4 is 5.32 Å². The minimum Gasteiger partial charge on any atom is -0.449 e. The largest absolute Gasteiger partial charge is 0.449 e. The number of methoxy groups -OCH3 is 1. The number of hydrogen-bond acceptors (Lipinski definition) is 4. The van der Waals surface area contributed by atoms with E-state index < -0.39 is 23.2 Å². The van der Waals surface area contributed by atoms with Crippen molar-refractivity contribution in [2.75, 3.05) is 20.3 Å². The summed E-state index contributed by atoms with van der Waals surface area (Å²) in [5, 5.41) is 2.89. The summed E-state index contributed by atoms with van der Waals surface area (Å²) >= 11 is 0. The Bertz CT molecular complexity index is 1190. The number of carbonyl (C=O) groups excluding carboxylic acids is 2. The van der Waals surface area contributed by atoms with E-state index in [-0.39, 0.29) is 24.0 Å². The zero-order valence-corrected chi connectivity index (χ0v) is 23.8. The number of hydrogen-bond donors (Lipinski definition) is 1. The molecule has 3 aliphatic heterocycles. The molecular formula is C32H42N2O4. The second-order valence-corrected chi connectivity index (χ2v) is 12.7. The smallest absolute Gasteiger partial charge is 0.407 e. The summed E-state index contributed by atoms with van der Waals surface area (Å²) in [5.41, 5.74) is 3.06. The molecular weight excluding hydrogens is 476 g/mol. The van der Waals surface area contributed by atoms with Gasteiger partial charge in [-0.05, 0) is 41.0 Å². The zero-order valence-electron chi connectivity index (χ0n) is 23.8. The molecule has 5 rings (SSSR count). The molecule has 3 heterocycles. The third kappa shape index (κ3) is 5.80. The van der Waals surface area contributed by atoms with Crippen molar-refractivity contribution in [3.63, 3.8) is 0 Å². The summed E-state index contributed by atoms with van der Waals surface area (Å²) in [6.45, 7) is 12.7. The van der Waals surface area contributed by atoms with E-state index in [4.69, 9.17) is 9.47 Å². The fourth-order valence-corrected chi connectivity index (χ4v) is 5.51. The van der Waals surface area contributed by atoms with E-state index in [2.05, 4.69) is 73.8 Å². The maximum absolute atomic E-state index is 13.9. The summed E-state index contributed by atoms with van der Waals surface area (Å²) in [5.74, 6) is -0.119. The van der Waals surface area contributed by atoms with Crippen LogP contribution in [0.5, 0.6) is 0 Å². The van der Waals surface area contributed by atoms with E-state index in [1.165, 1.54) is 0 Å². The summed E-state index contributed by atoms with van der Waals surface area (Å²) in [7, 11) is 1.71. The fourth-order valence-electron chi connectivity index (χ4n) is 5.51. The van der Waals surface area contributed by atoms with Crippen molar-refractivity contribution in [1.29, 1.82) is 0 Å². The van der Waals surface area contributed by atoms with Crippen molar-refractivity contribution in [1.82, 2.24) is 10.2 Å². The number of alkyl carbamates (subject to hydrolysis) is 1. The molecule has 204 valence electrons. The van der Waals surface area contributed by atoms with Gasteiger partial charge in [0.1, 0.15) is 11.6 Å². The first kappa shape index (κ1) is 27.9. The van der Waals surface area contributed by atoms with Crippen LogP contribution in [0.1, 0.15) is 65.5 Å². The highest BCUT2D eigenvalue weighted by Gasteiger charge is 2.48. The van der Waals surface area contributed by atoms with Crippen molar-refractivity contribution < 1.29 is 19.1 Å². The van der Waals surface area contributed by atoms with Crippen LogP contribution in [0.25, 0.3) is 17.2 Å². The fraction of sp³-hybridized carbons (Fsp3) is 0.500. The number of rotatable bonds is 1. The Kier molecular flexibility index (Phi) is 7.76. The van der Waals surface area contributed by atoms with Crippen molar-refractivity contribution in [2.45, 2.75) is 72.1 Å². The molecule has 0 radical (unpaired) electrons. The van der Waals surface area contributed by atoms with Gasteiger partial charge in [0.05, 0.1) is 13.2 Å². The van der Waals surface area contributed by atoms with Gasteiger partial charge >= 0.3 is 6.09 Å². The normalized spacial score (nSPS) is 26.1. The van der Waals surface area contributed by atoms with E-state index in [1.807, 2.05) is 38.7 Å². The first-order valence-electron chi connectivity index (χ1n) is 13.5. The van der Waals surface area contributed by atoms with Gasteiger partial charge < -0.3 is 19.7 Å². The van der Waals surface area contributed by atoms with Crippen LogP contribution in [0.3, 0.4) is 0 Å². The van der Waals surface area contributed by atoms with Gasteiger partial charge in [0.15, 0.2) is 0 Å². The summed E-state index contributed by atoms with van der Waals surface area (Å²) in [6, 6.07) is 16.1. The minimum absolute atomic E-state index is 0.0554. The first-order chi connectivity index (χ1) is 17.8. The number of fused-ring (bicyclic) bond motifs is 10. The predicted octanol–water partition coefficient (Wildman–Crippen LogP) is 6.40. The lowest BCUT2D eigenvalue weighted by atomic mass is 9.85. The molecule has 2 aromatic carbocycles. The van der Waals surface area contributed by atoms with Crippen LogP contribution in [0.15, 0.2) is 54.6 Å². The van der Waals surface area contributed by atoms with Crippen molar-refractivity contribution in [3.8, 4) is 11.1 Å². The van der Waals surface area contributed by atoms with E-state index in [9.17, 15) is 9.59 Å². The van der Waals surface area contributed by atoms with Crippen LogP contribution in [-0.4, -0.2) is 49.2 Å². The van der Waals surface area contributed by atoms with Gasteiger partial charge in [0.25, 0.3) is 0 Å². The highest BCUT2D eigenvalue weighted by atomic mass is 16.5. The van der Waals surface area contributed by atoms with Gasteiger partial charge in [0, 0.05) is 25.0 Å². The average Bonchev–Trinajstić information content (AvgIpc) is 3.22. The first-order valence-corrected chi connectivity index (χ1v) is 13.5. The summed E-state index contributed by atoms with van der Waals surface area (Å²) < 4.78 is 11.8. The minimum atomic E-state index is -0.730. The lowest BCUT2D eigenvalue weighted by Gasteiger charge is -2.35. The summed E-state index contributed by atoms with van der Waals surface area (Å²) in [4.78, 5) is 28.7. The molecule has 4 bridgehead atoms. The molecule has 6 nitrogen and oxygen atoms in total. The van der Waals surface area contributed by atoms with Gasteiger partial charge in [-0.1, -0.05) is 95.3 Å². The quantitative estimate of drug-likeness (QED) is 0.474. The standard InChI is InChI=1S/C32H42N2O4/c1-22-19-32(37-7)20-34(22)28(35)27(30(2,3)4)33-29(36)38-21-31(5,6)18-10-12-23-11-8-9-13-26(23)24-14-16-25(32)17-15-24/h8-17,22,27H,18-21H2,1-7H3,(H,33,36)/t22-,27-,32+/m1/s1. The number of carbonyl (C=O) groups is 2. The second-order valence-electron chi connectivity index (χ2n) is 12.7. The molecule has 38 heavy (non-hydrogen) atoms. The lowest BCUT2D eigenvalue weighted by Crippen LogP contribution is -2.56. The maximum atomic E-state index is 13.9. The number of allylic oxidation sites excluding steroid dienone is 1. The lowest BCUT2D eigenvalue weighted by molar-refractivity contribution is -0.137. The van der Waals surface area contributed by atoms with Crippen LogP contribution in [0, 0.1) is 10.8 Å². The van der Waals surface area contributed by atoms with Crippen LogP contribution >= 0.6 is 0 Å². The second kappa shape index (κ2) is 10.6. The van der Waals surface area contributed by atoms with Crippen LogP contribution in [0.2, 0.25) is 0 Å². The van der Waals surface area contributed by atoms with Gasteiger partial charge in [-0.25, -0.2) is 4.79 Å². The van der Waals surface area contributed by atoms with Gasteiger partial charge in [-0.15, -0.1) is 0 Å². The Morgan fingerprint density at radius 1 is 1.05 bits per heavy atom. The molecule has 0 aromatic heterocycles. The number of benzene rings is 2. The van der Waals surface area contributed by atoms with E-state index in [1.54, 1.807) is 7.11 Å². The number of amides is 2. The Balaban J connectivity index is 1.77. The molecule has 0 spiro atoms. The monoisotopic (exact) mass is 518 g/mol. The molecule has 0 aliphatic carbocycles. The molecule has 3 atom stereocenters. The molecule has 2 amide bonds. The van der Waals surface area contributed by atoms with Crippen LogP contribution in [0.4, 0.5) is 4.79 Å². The predicted molar refractivity (Wildman–Crippen MR) is 152 cm³/mol. The summed E-state index contributed by atoms with van der Waals surface area (Å²) in [6.07, 6.45) is 5.11. The number of ether oxygens (including phenoxy) is 2. The Morgan fingerprint density at radius 2 is 1.74 bits per heavy atom. The highest BCUT2D eigenvalue weighted by Crippen LogP contribution is 2.41. The molecule has 6 heteroatoms. The average molecular weight is 519 g/mol. The molecule has 1 fully saturated rings. The van der Waals surface area contributed by atoms with Crippen molar-refractivity contribution >= 4 is 18.1 Å². The van der Waals surface area contributed by atoms with E-state index >= 15 is 0 Å². The molecule has 3 aliphatic rings. The Morgan fingerprint density at radius 3 is 2.39 bits per heavy atom. The zero-order chi connectivity index (χ0) is 27.7.